The second-order valence-electron chi connectivity index (χ2n) is 5.37. The molecule has 0 aliphatic heterocycles. The smallest absolute Gasteiger partial charge is 0.387 e. The van der Waals surface area contributed by atoms with Crippen LogP contribution in [0.25, 0.3) is 0 Å². The van der Waals surface area contributed by atoms with Crippen molar-refractivity contribution >= 4 is 5.91 Å². The molecule has 0 bridgehead atoms. The largest absolute Gasteiger partial charge is 0.434 e. The van der Waals surface area contributed by atoms with E-state index in [1.54, 1.807) is 12.1 Å². The van der Waals surface area contributed by atoms with Gasteiger partial charge in [0.1, 0.15) is 5.75 Å². The van der Waals surface area contributed by atoms with Crippen molar-refractivity contribution < 1.29 is 18.3 Å². The van der Waals surface area contributed by atoms with Gasteiger partial charge in [0, 0.05) is 12.6 Å². The summed E-state index contributed by atoms with van der Waals surface area (Å²) in [7, 11) is 0. The average Bonchev–Trinajstić information content (AvgIpc) is 2.46. The number of halogens is 2. The van der Waals surface area contributed by atoms with Crippen molar-refractivity contribution in [2.24, 2.45) is 11.7 Å². The number of para-hydroxylation sites is 1. The highest BCUT2D eigenvalue weighted by Gasteiger charge is 2.20. The van der Waals surface area contributed by atoms with Gasteiger partial charge in [-0.2, -0.15) is 8.78 Å². The maximum Gasteiger partial charge on any atom is 0.387 e. The number of benzene rings is 1. The second-order valence-corrected chi connectivity index (χ2v) is 5.37. The van der Waals surface area contributed by atoms with Crippen molar-refractivity contribution in [3.63, 3.8) is 0 Å². The van der Waals surface area contributed by atoms with Crippen LogP contribution in [0.2, 0.25) is 0 Å². The Hall–Kier alpha value is -1.69. The van der Waals surface area contributed by atoms with Gasteiger partial charge in [0.05, 0.1) is 5.56 Å². The highest BCUT2D eigenvalue weighted by Crippen LogP contribution is 2.23. The number of carbonyl (C=O) groups is 1. The number of hydrogen-bond donors (Lipinski definition) is 2. The summed E-state index contributed by atoms with van der Waals surface area (Å²) in [6.07, 6.45) is 3.89. The van der Waals surface area contributed by atoms with E-state index >= 15 is 0 Å². The van der Waals surface area contributed by atoms with E-state index in [0.29, 0.717) is 12.5 Å². The zero-order chi connectivity index (χ0) is 15.2. The molecular weight excluding hydrogens is 278 g/mol. The third kappa shape index (κ3) is 4.67. The van der Waals surface area contributed by atoms with Crippen LogP contribution < -0.4 is 15.8 Å². The lowest BCUT2D eigenvalue weighted by atomic mass is 9.86. The van der Waals surface area contributed by atoms with E-state index in [1.807, 2.05) is 0 Å². The molecule has 0 atom stereocenters. The minimum absolute atomic E-state index is 0.101. The maximum absolute atomic E-state index is 12.3. The molecule has 1 aromatic rings. The summed E-state index contributed by atoms with van der Waals surface area (Å²) in [6.45, 7) is -2.41. The first-order valence-electron chi connectivity index (χ1n) is 7.14. The van der Waals surface area contributed by atoms with E-state index in [9.17, 15) is 13.6 Å². The van der Waals surface area contributed by atoms with Crippen LogP contribution in [0.3, 0.4) is 0 Å². The fourth-order valence-corrected chi connectivity index (χ4v) is 2.58. The maximum atomic E-state index is 12.3. The number of amides is 1. The normalized spacial score (nSPS) is 22.1. The Kier molecular flexibility index (Phi) is 5.50. The Morgan fingerprint density at radius 1 is 1.29 bits per heavy atom. The Bertz CT molecular complexity index is 474. The number of rotatable bonds is 5. The first kappa shape index (κ1) is 15.7. The van der Waals surface area contributed by atoms with Crippen LogP contribution in [0, 0.1) is 5.92 Å². The Morgan fingerprint density at radius 2 is 1.95 bits per heavy atom. The van der Waals surface area contributed by atoms with Crippen molar-refractivity contribution in [2.45, 2.75) is 38.3 Å². The zero-order valence-corrected chi connectivity index (χ0v) is 11.7. The first-order chi connectivity index (χ1) is 10.1. The lowest BCUT2D eigenvalue weighted by Crippen LogP contribution is -2.34. The number of hydrogen-bond acceptors (Lipinski definition) is 3. The molecule has 0 unspecified atom stereocenters. The molecule has 0 aromatic heterocycles. The number of alkyl halides is 2. The predicted molar refractivity (Wildman–Crippen MR) is 75.3 cm³/mol. The molecule has 1 aliphatic rings. The van der Waals surface area contributed by atoms with E-state index in [-0.39, 0.29) is 23.3 Å². The SMILES string of the molecule is NC1CCC(CNC(=O)c2ccccc2OC(F)F)CC1. The highest BCUT2D eigenvalue weighted by molar-refractivity contribution is 5.96. The minimum Gasteiger partial charge on any atom is -0.434 e. The summed E-state index contributed by atoms with van der Waals surface area (Å²) >= 11 is 0. The molecule has 0 radical (unpaired) electrons. The van der Waals surface area contributed by atoms with Gasteiger partial charge in [-0.05, 0) is 43.7 Å². The molecule has 1 aliphatic carbocycles. The molecule has 4 nitrogen and oxygen atoms in total. The zero-order valence-electron chi connectivity index (χ0n) is 11.7. The molecule has 1 amide bonds. The minimum atomic E-state index is -2.95. The molecule has 2 rings (SSSR count). The van der Waals surface area contributed by atoms with Gasteiger partial charge >= 0.3 is 6.61 Å². The monoisotopic (exact) mass is 298 g/mol. The van der Waals surface area contributed by atoms with Crippen molar-refractivity contribution in [1.82, 2.24) is 5.32 Å². The molecule has 0 spiro atoms. The second kappa shape index (κ2) is 7.36. The molecule has 3 N–H and O–H groups in total. The molecule has 1 saturated carbocycles. The third-order valence-corrected chi connectivity index (χ3v) is 3.79. The summed E-state index contributed by atoms with van der Waals surface area (Å²) in [5.41, 5.74) is 5.97. The molecule has 0 heterocycles. The fourth-order valence-electron chi connectivity index (χ4n) is 2.58. The van der Waals surface area contributed by atoms with Gasteiger partial charge in [-0.25, -0.2) is 0 Å². The van der Waals surface area contributed by atoms with Gasteiger partial charge in [-0.3, -0.25) is 4.79 Å². The summed E-state index contributed by atoms with van der Waals surface area (Å²) in [5.74, 6) is -0.0892. The van der Waals surface area contributed by atoms with Gasteiger partial charge in [0.2, 0.25) is 0 Å². The predicted octanol–water partition coefficient (Wildman–Crippen LogP) is 2.54. The Labute approximate surface area is 122 Å². The van der Waals surface area contributed by atoms with E-state index < -0.39 is 6.61 Å². The molecule has 1 fully saturated rings. The summed E-state index contributed by atoms with van der Waals surface area (Å²) in [5, 5.41) is 2.79. The molecule has 116 valence electrons. The highest BCUT2D eigenvalue weighted by atomic mass is 19.3. The first-order valence-corrected chi connectivity index (χ1v) is 7.14. The van der Waals surface area contributed by atoms with E-state index in [4.69, 9.17) is 5.73 Å². The third-order valence-electron chi connectivity index (χ3n) is 3.79. The number of carbonyl (C=O) groups excluding carboxylic acids is 1. The summed E-state index contributed by atoms with van der Waals surface area (Å²) in [4.78, 5) is 12.1. The number of ether oxygens (including phenoxy) is 1. The number of nitrogens with two attached hydrogens (primary N) is 1. The van der Waals surface area contributed by atoms with Crippen molar-refractivity contribution in [1.29, 1.82) is 0 Å². The topological polar surface area (TPSA) is 64.3 Å². The Morgan fingerprint density at radius 3 is 2.62 bits per heavy atom. The van der Waals surface area contributed by atoms with Gasteiger partial charge < -0.3 is 15.8 Å². The van der Waals surface area contributed by atoms with Crippen molar-refractivity contribution in [3.05, 3.63) is 29.8 Å². The molecule has 21 heavy (non-hydrogen) atoms. The summed E-state index contributed by atoms with van der Waals surface area (Å²) < 4.78 is 29.0. The van der Waals surface area contributed by atoms with Crippen molar-refractivity contribution in [2.75, 3.05) is 6.54 Å². The Balaban J connectivity index is 1.91. The van der Waals surface area contributed by atoms with E-state index in [0.717, 1.165) is 25.7 Å². The molecular formula is C15H20F2N2O2. The summed E-state index contributed by atoms with van der Waals surface area (Å²) in [6, 6.07) is 6.27. The fraction of sp³-hybridized carbons (Fsp3) is 0.533. The van der Waals surface area contributed by atoms with Crippen LogP contribution in [-0.4, -0.2) is 25.1 Å². The van der Waals surface area contributed by atoms with Gasteiger partial charge in [-0.15, -0.1) is 0 Å². The van der Waals surface area contributed by atoms with Crippen LogP contribution in [-0.2, 0) is 0 Å². The average molecular weight is 298 g/mol. The van der Waals surface area contributed by atoms with E-state index in [1.165, 1.54) is 12.1 Å². The molecule has 0 saturated heterocycles. The van der Waals surface area contributed by atoms with Gasteiger partial charge in [0.25, 0.3) is 5.91 Å². The van der Waals surface area contributed by atoms with Crippen LogP contribution in [0.4, 0.5) is 8.78 Å². The van der Waals surface area contributed by atoms with Crippen LogP contribution in [0.1, 0.15) is 36.0 Å². The van der Waals surface area contributed by atoms with Gasteiger partial charge in [-0.1, -0.05) is 12.1 Å². The van der Waals surface area contributed by atoms with Crippen LogP contribution in [0.15, 0.2) is 24.3 Å². The standard InChI is InChI=1S/C15H20F2N2O2/c16-15(17)21-13-4-2-1-3-12(13)14(20)19-9-10-5-7-11(18)8-6-10/h1-4,10-11,15H,5-9,18H2,(H,19,20). The molecule has 1 aromatic carbocycles. The lowest BCUT2D eigenvalue weighted by Gasteiger charge is -2.26. The molecule has 6 heteroatoms. The van der Waals surface area contributed by atoms with Gasteiger partial charge in [0.15, 0.2) is 0 Å². The van der Waals surface area contributed by atoms with E-state index in [2.05, 4.69) is 10.1 Å². The quantitative estimate of drug-likeness (QED) is 0.878. The lowest BCUT2D eigenvalue weighted by molar-refractivity contribution is -0.0501. The van der Waals surface area contributed by atoms with Crippen LogP contribution in [0.5, 0.6) is 5.75 Å². The van der Waals surface area contributed by atoms with Crippen molar-refractivity contribution in [3.8, 4) is 5.75 Å². The number of nitrogens with one attached hydrogen (secondary N) is 1. The van der Waals surface area contributed by atoms with Crippen LogP contribution >= 0.6 is 0 Å².